The van der Waals surface area contributed by atoms with E-state index in [4.69, 9.17) is 0 Å². The van der Waals surface area contributed by atoms with Crippen LogP contribution in [0.5, 0.6) is 0 Å². The van der Waals surface area contributed by atoms with Gasteiger partial charge in [-0.1, -0.05) is 40.5 Å². The molecule has 0 atom stereocenters. The Morgan fingerprint density at radius 1 is 1.00 bits per heavy atom. The van der Waals surface area contributed by atoms with Crippen molar-refractivity contribution >= 4 is 5.78 Å². The summed E-state index contributed by atoms with van der Waals surface area (Å²) < 4.78 is 0. The van der Waals surface area contributed by atoms with Crippen molar-refractivity contribution in [2.24, 2.45) is 22.7 Å². The number of ketones is 1. The minimum Gasteiger partial charge on any atom is -0.299 e. The highest BCUT2D eigenvalue weighted by molar-refractivity contribution is 5.88. The molecule has 0 saturated heterocycles. The highest BCUT2D eigenvalue weighted by Crippen LogP contribution is 2.69. The summed E-state index contributed by atoms with van der Waals surface area (Å²) >= 11 is 0. The summed E-state index contributed by atoms with van der Waals surface area (Å²) in [5, 5.41) is 0. The summed E-state index contributed by atoms with van der Waals surface area (Å²) in [4.78, 5) is 12.2. The fourth-order valence-corrected chi connectivity index (χ4v) is 3.35. The Bertz CT molecular complexity index is 242. The summed E-state index contributed by atoms with van der Waals surface area (Å²) in [7, 11) is 0. The fourth-order valence-electron chi connectivity index (χ4n) is 3.35. The quantitative estimate of drug-likeness (QED) is 0.658. The van der Waals surface area contributed by atoms with Crippen LogP contribution in [0.15, 0.2) is 0 Å². The smallest absolute Gasteiger partial charge is 0.140 e. The molecule has 80 valence electrons. The van der Waals surface area contributed by atoms with E-state index in [0.29, 0.717) is 17.6 Å². The molecule has 1 nitrogen and oxygen atoms in total. The molecule has 2 fully saturated rings. The van der Waals surface area contributed by atoms with Crippen molar-refractivity contribution in [2.75, 3.05) is 0 Å². The molecule has 1 heteroatoms. The molecule has 0 amide bonds. The second-order valence-electron chi connectivity index (χ2n) is 6.26. The van der Waals surface area contributed by atoms with E-state index in [-0.39, 0.29) is 10.8 Å². The Morgan fingerprint density at radius 2 is 1.43 bits per heavy atom. The molecule has 2 aliphatic carbocycles. The van der Waals surface area contributed by atoms with E-state index in [0.717, 1.165) is 12.8 Å². The Hall–Kier alpha value is -0.330. The first-order chi connectivity index (χ1) is 6.39. The first-order valence-electron chi connectivity index (χ1n) is 5.93. The van der Waals surface area contributed by atoms with Gasteiger partial charge in [0.25, 0.3) is 0 Å². The molecule has 0 aromatic rings. The lowest BCUT2D eigenvalue weighted by molar-refractivity contribution is -0.125. The van der Waals surface area contributed by atoms with Crippen molar-refractivity contribution < 1.29 is 4.79 Å². The van der Waals surface area contributed by atoms with Crippen LogP contribution >= 0.6 is 0 Å². The van der Waals surface area contributed by atoms with Crippen molar-refractivity contribution in [3.63, 3.8) is 0 Å². The van der Waals surface area contributed by atoms with Crippen molar-refractivity contribution in [3.8, 4) is 0 Å². The van der Waals surface area contributed by atoms with Crippen LogP contribution in [0, 0.1) is 22.7 Å². The normalized spacial score (nSPS) is 30.6. The zero-order valence-corrected chi connectivity index (χ0v) is 9.89. The van der Waals surface area contributed by atoms with Crippen LogP contribution in [0.4, 0.5) is 0 Å². The molecule has 0 N–H and O–H groups in total. The molecular weight excluding hydrogens is 172 g/mol. The number of rotatable bonds is 2. The lowest BCUT2D eigenvalue weighted by atomic mass is 9.94. The van der Waals surface area contributed by atoms with Gasteiger partial charge in [-0.25, -0.2) is 0 Å². The molecular formula is C13H22O. The maximum atomic E-state index is 12.2. The second-order valence-corrected chi connectivity index (χ2v) is 6.26. The van der Waals surface area contributed by atoms with E-state index in [9.17, 15) is 4.79 Å². The van der Waals surface area contributed by atoms with E-state index in [1.165, 1.54) is 12.8 Å². The molecule has 0 aromatic heterocycles. The van der Waals surface area contributed by atoms with Crippen molar-refractivity contribution in [1.82, 2.24) is 0 Å². The van der Waals surface area contributed by atoms with Crippen LogP contribution in [0.1, 0.15) is 53.4 Å². The minimum absolute atomic E-state index is 0.243. The van der Waals surface area contributed by atoms with Gasteiger partial charge in [0.05, 0.1) is 0 Å². The number of carbonyl (C=O) groups excluding carboxylic acids is 1. The van der Waals surface area contributed by atoms with Crippen LogP contribution < -0.4 is 0 Å². The highest BCUT2D eigenvalue weighted by Gasteiger charge is 2.68. The summed E-state index contributed by atoms with van der Waals surface area (Å²) in [6, 6.07) is 0. The number of Topliss-reactive ketones (excluding diaryl/α,β-unsaturated/α-hetero) is 1. The van der Waals surface area contributed by atoms with Crippen LogP contribution in [0.2, 0.25) is 0 Å². The monoisotopic (exact) mass is 194 g/mol. The third kappa shape index (κ3) is 1.17. The van der Waals surface area contributed by atoms with Crippen LogP contribution in [0.25, 0.3) is 0 Å². The van der Waals surface area contributed by atoms with E-state index >= 15 is 0 Å². The molecule has 2 saturated carbocycles. The number of hydrogen-bond donors (Lipinski definition) is 0. The molecule has 0 radical (unpaired) electrons. The minimum atomic E-state index is 0.243. The third-order valence-corrected chi connectivity index (χ3v) is 5.06. The zero-order chi connectivity index (χ0) is 10.6. The summed E-state index contributed by atoms with van der Waals surface area (Å²) in [6.45, 7) is 8.96. The molecule has 0 unspecified atom stereocenters. The predicted octanol–water partition coefficient (Wildman–Crippen LogP) is 3.43. The standard InChI is InChI=1S/C13H22O/c1-12(2)11(13(12,3)4)10(14)9-7-5-6-8-9/h9,11H,5-8H2,1-4H3. The summed E-state index contributed by atoms with van der Waals surface area (Å²) in [6.07, 6.45) is 4.84. The SMILES string of the molecule is CC1(C)C(C(=O)C2CCCC2)C1(C)C. The molecule has 0 aromatic carbocycles. The van der Waals surface area contributed by atoms with Gasteiger partial charge in [-0.3, -0.25) is 4.79 Å². The summed E-state index contributed by atoms with van der Waals surface area (Å²) in [5.41, 5.74) is 0.485. The van der Waals surface area contributed by atoms with Gasteiger partial charge < -0.3 is 0 Å². The molecule has 0 heterocycles. The Labute approximate surface area is 87.3 Å². The number of hydrogen-bond acceptors (Lipinski definition) is 1. The zero-order valence-electron chi connectivity index (χ0n) is 9.89. The van der Waals surface area contributed by atoms with Gasteiger partial charge in [0.2, 0.25) is 0 Å². The van der Waals surface area contributed by atoms with Crippen LogP contribution in [-0.4, -0.2) is 5.78 Å². The second kappa shape index (κ2) is 2.84. The molecule has 0 spiro atoms. The van der Waals surface area contributed by atoms with E-state index in [2.05, 4.69) is 27.7 Å². The Balaban J connectivity index is 2.07. The first kappa shape index (κ1) is 10.2. The highest BCUT2D eigenvalue weighted by atomic mass is 16.1. The van der Waals surface area contributed by atoms with E-state index < -0.39 is 0 Å². The van der Waals surface area contributed by atoms with Crippen LogP contribution in [-0.2, 0) is 4.79 Å². The Morgan fingerprint density at radius 3 is 1.79 bits per heavy atom. The lowest BCUT2D eigenvalue weighted by Crippen LogP contribution is -2.16. The van der Waals surface area contributed by atoms with E-state index in [1.807, 2.05) is 0 Å². The Kier molecular flexibility index (Phi) is 2.06. The van der Waals surface area contributed by atoms with Gasteiger partial charge in [0.1, 0.15) is 5.78 Å². The summed E-state index contributed by atoms with van der Waals surface area (Å²) in [5.74, 6) is 1.30. The van der Waals surface area contributed by atoms with Gasteiger partial charge in [0, 0.05) is 11.8 Å². The van der Waals surface area contributed by atoms with Crippen LogP contribution in [0.3, 0.4) is 0 Å². The first-order valence-corrected chi connectivity index (χ1v) is 5.93. The predicted molar refractivity (Wildman–Crippen MR) is 58.0 cm³/mol. The largest absolute Gasteiger partial charge is 0.299 e. The maximum Gasteiger partial charge on any atom is 0.140 e. The molecule has 2 aliphatic rings. The van der Waals surface area contributed by atoms with Crippen molar-refractivity contribution in [2.45, 2.75) is 53.4 Å². The topological polar surface area (TPSA) is 17.1 Å². The molecule has 0 bridgehead atoms. The van der Waals surface area contributed by atoms with Crippen molar-refractivity contribution in [3.05, 3.63) is 0 Å². The molecule has 0 aliphatic heterocycles. The molecule has 14 heavy (non-hydrogen) atoms. The van der Waals surface area contributed by atoms with Gasteiger partial charge >= 0.3 is 0 Å². The molecule has 2 rings (SSSR count). The average molecular weight is 194 g/mol. The van der Waals surface area contributed by atoms with Gasteiger partial charge in [-0.15, -0.1) is 0 Å². The number of carbonyl (C=O) groups is 1. The van der Waals surface area contributed by atoms with Crippen molar-refractivity contribution in [1.29, 1.82) is 0 Å². The van der Waals surface area contributed by atoms with Gasteiger partial charge in [-0.2, -0.15) is 0 Å². The van der Waals surface area contributed by atoms with Gasteiger partial charge in [0.15, 0.2) is 0 Å². The lowest BCUT2D eigenvalue weighted by Gasteiger charge is -2.08. The average Bonchev–Trinajstić information content (AvgIpc) is 2.53. The maximum absolute atomic E-state index is 12.2. The van der Waals surface area contributed by atoms with Gasteiger partial charge in [-0.05, 0) is 23.7 Å². The van der Waals surface area contributed by atoms with E-state index in [1.54, 1.807) is 0 Å². The third-order valence-electron chi connectivity index (χ3n) is 5.06. The fraction of sp³-hybridized carbons (Fsp3) is 0.923.